The van der Waals surface area contributed by atoms with Crippen molar-refractivity contribution in [3.05, 3.63) is 0 Å². The van der Waals surface area contributed by atoms with E-state index in [9.17, 15) is 14.9 Å². The molecule has 1 aliphatic heterocycles. The summed E-state index contributed by atoms with van der Waals surface area (Å²) < 4.78 is 5.28. The molecule has 1 saturated carbocycles. The van der Waals surface area contributed by atoms with Gasteiger partial charge in [0.25, 0.3) is 0 Å². The third kappa shape index (κ3) is 2.43. The van der Waals surface area contributed by atoms with E-state index in [1.165, 1.54) is 11.9 Å². The first kappa shape index (κ1) is 13.8. The van der Waals surface area contributed by atoms with Crippen LogP contribution in [-0.4, -0.2) is 49.6 Å². The lowest BCUT2D eigenvalue weighted by molar-refractivity contribution is -0.153. The van der Waals surface area contributed by atoms with Gasteiger partial charge in [0.05, 0.1) is 19.3 Å². The second-order valence-electron chi connectivity index (χ2n) is 5.10. The third-order valence-electron chi connectivity index (χ3n) is 4.02. The summed E-state index contributed by atoms with van der Waals surface area (Å²) in [7, 11) is 1.54. The maximum Gasteiger partial charge on any atom is 0.244 e. The van der Waals surface area contributed by atoms with Gasteiger partial charge in [0.1, 0.15) is 11.5 Å². The smallest absolute Gasteiger partial charge is 0.244 e. The molecule has 2 rings (SSSR count). The first-order valence-electron chi connectivity index (χ1n) is 6.66. The molecule has 0 bridgehead atoms. The number of nitrogens with one attached hydrogen (secondary N) is 1. The van der Waals surface area contributed by atoms with Crippen LogP contribution < -0.4 is 5.32 Å². The van der Waals surface area contributed by atoms with Crippen molar-refractivity contribution < 1.29 is 14.3 Å². The van der Waals surface area contributed by atoms with Gasteiger partial charge >= 0.3 is 0 Å². The lowest BCUT2D eigenvalue weighted by atomic mass is 9.85. The highest BCUT2D eigenvalue weighted by atomic mass is 16.5. The SMILES string of the molecule is CNC(=O)C1COCCN1C(=O)C1(C#N)CCCC1. The number of carbonyl (C=O) groups excluding carboxylic acids is 2. The average molecular weight is 265 g/mol. The summed E-state index contributed by atoms with van der Waals surface area (Å²) in [6, 6.07) is 1.57. The maximum absolute atomic E-state index is 12.7. The van der Waals surface area contributed by atoms with E-state index in [2.05, 4.69) is 11.4 Å². The molecule has 0 aromatic heterocycles. The number of rotatable bonds is 2. The number of hydrogen-bond acceptors (Lipinski definition) is 4. The molecule has 1 atom stereocenters. The van der Waals surface area contributed by atoms with Gasteiger partial charge in [-0.05, 0) is 12.8 Å². The van der Waals surface area contributed by atoms with E-state index < -0.39 is 11.5 Å². The normalized spacial score (nSPS) is 25.7. The molecule has 1 saturated heterocycles. The standard InChI is InChI=1S/C13H19N3O3/c1-15-11(17)10-8-19-7-6-16(10)12(18)13(9-14)4-2-3-5-13/h10H,2-8H2,1H3,(H,15,17). The van der Waals surface area contributed by atoms with Crippen molar-refractivity contribution in [1.29, 1.82) is 5.26 Å². The zero-order valence-electron chi connectivity index (χ0n) is 11.1. The Bertz CT molecular complexity index is 410. The fourth-order valence-electron chi connectivity index (χ4n) is 2.86. The second kappa shape index (κ2) is 5.57. The van der Waals surface area contributed by atoms with Gasteiger partial charge in [-0.25, -0.2) is 0 Å². The Labute approximate surface area is 112 Å². The van der Waals surface area contributed by atoms with Gasteiger partial charge in [-0.1, -0.05) is 12.8 Å². The summed E-state index contributed by atoms with van der Waals surface area (Å²) in [6.07, 6.45) is 2.99. The molecule has 6 nitrogen and oxygen atoms in total. The summed E-state index contributed by atoms with van der Waals surface area (Å²) in [6.45, 7) is 0.994. The van der Waals surface area contributed by atoms with Crippen LogP contribution in [0.1, 0.15) is 25.7 Å². The molecular weight excluding hydrogens is 246 g/mol. The van der Waals surface area contributed by atoms with E-state index in [1.807, 2.05) is 0 Å². The highest BCUT2D eigenvalue weighted by molar-refractivity contribution is 5.92. The van der Waals surface area contributed by atoms with Gasteiger partial charge in [0, 0.05) is 13.6 Å². The number of likely N-dealkylation sites (N-methyl/N-ethyl adjacent to an activating group) is 1. The van der Waals surface area contributed by atoms with Crippen molar-refractivity contribution in [1.82, 2.24) is 10.2 Å². The van der Waals surface area contributed by atoms with Crippen LogP contribution in [0.3, 0.4) is 0 Å². The number of amides is 2. The lowest BCUT2D eigenvalue weighted by Gasteiger charge is -2.37. The summed E-state index contributed by atoms with van der Waals surface area (Å²) in [4.78, 5) is 26.0. The van der Waals surface area contributed by atoms with E-state index in [0.29, 0.717) is 26.0 Å². The summed E-state index contributed by atoms with van der Waals surface area (Å²) >= 11 is 0. The Balaban J connectivity index is 2.20. The molecule has 1 unspecified atom stereocenters. The molecule has 0 spiro atoms. The number of ether oxygens (including phenoxy) is 1. The van der Waals surface area contributed by atoms with Gasteiger partial charge in [-0.15, -0.1) is 0 Å². The Morgan fingerprint density at radius 1 is 1.42 bits per heavy atom. The highest BCUT2D eigenvalue weighted by Gasteiger charge is 2.47. The number of hydrogen-bond donors (Lipinski definition) is 1. The van der Waals surface area contributed by atoms with E-state index >= 15 is 0 Å². The molecule has 1 aliphatic carbocycles. The first-order valence-corrected chi connectivity index (χ1v) is 6.66. The Hall–Kier alpha value is -1.61. The summed E-state index contributed by atoms with van der Waals surface area (Å²) in [5.41, 5.74) is -0.927. The summed E-state index contributed by atoms with van der Waals surface area (Å²) in [5.74, 6) is -0.441. The first-order chi connectivity index (χ1) is 9.14. The van der Waals surface area contributed by atoms with Crippen LogP contribution in [0, 0.1) is 16.7 Å². The molecule has 2 amide bonds. The predicted molar refractivity (Wildman–Crippen MR) is 66.9 cm³/mol. The molecule has 104 valence electrons. The minimum absolute atomic E-state index is 0.201. The number of nitriles is 1. The number of carbonyl (C=O) groups is 2. The van der Waals surface area contributed by atoms with Crippen LogP contribution in [0.2, 0.25) is 0 Å². The molecule has 19 heavy (non-hydrogen) atoms. The molecule has 0 radical (unpaired) electrons. The minimum atomic E-state index is -0.927. The van der Waals surface area contributed by atoms with Crippen molar-refractivity contribution in [2.75, 3.05) is 26.8 Å². The molecule has 0 aromatic carbocycles. The topological polar surface area (TPSA) is 82.4 Å². The molecular formula is C13H19N3O3. The van der Waals surface area contributed by atoms with Gasteiger partial charge in [0.2, 0.25) is 11.8 Å². The largest absolute Gasteiger partial charge is 0.377 e. The zero-order chi connectivity index (χ0) is 13.9. The van der Waals surface area contributed by atoms with Gasteiger partial charge in [-0.3, -0.25) is 9.59 Å². The maximum atomic E-state index is 12.7. The zero-order valence-corrected chi connectivity index (χ0v) is 11.1. The van der Waals surface area contributed by atoms with Crippen LogP contribution >= 0.6 is 0 Å². The Morgan fingerprint density at radius 2 is 2.11 bits per heavy atom. The third-order valence-corrected chi connectivity index (χ3v) is 4.02. The lowest BCUT2D eigenvalue weighted by Crippen LogP contribution is -2.58. The average Bonchev–Trinajstić information content (AvgIpc) is 2.95. The second-order valence-corrected chi connectivity index (χ2v) is 5.10. The van der Waals surface area contributed by atoms with Crippen molar-refractivity contribution in [3.63, 3.8) is 0 Å². The van der Waals surface area contributed by atoms with Crippen LogP contribution in [0.4, 0.5) is 0 Å². The van der Waals surface area contributed by atoms with E-state index in [4.69, 9.17) is 4.74 Å². The van der Waals surface area contributed by atoms with Gasteiger partial charge in [0.15, 0.2) is 0 Å². The quantitative estimate of drug-likeness (QED) is 0.764. The van der Waals surface area contributed by atoms with Crippen LogP contribution in [0.5, 0.6) is 0 Å². The van der Waals surface area contributed by atoms with Crippen LogP contribution in [-0.2, 0) is 14.3 Å². The molecule has 2 fully saturated rings. The summed E-state index contributed by atoms with van der Waals surface area (Å²) in [5, 5.41) is 11.9. The van der Waals surface area contributed by atoms with E-state index in [-0.39, 0.29) is 18.4 Å². The van der Waals surface area contributed by atoms with Crippen LogP contribution in [0.25, 0.3) is 0 Å². The van der Waals surface area contributed by atoms with E-state index in [1.54, 1.807) is 0 Å². The van der Waals surface area contributed by atoms with Crippen LogP contribution in [0.15, 0.2) is 0 Å². The molecule has 0 aromatic rings. The van der Waals surface area contributed by atoms with Gasteiger partial charge in [-0.2, -0.15) is 5.26 Å². The fraction of sp³-hybridized carbons (Fsp3) is 0.769. The van der Waals surface area contributed by atoms with Crippen molar-refractivity contribution in [3.8, 4) is 6.07 Å². The minimum Gasteiger partial charge on any atom is -0.377 e. The molecule has 1 heterocycles. The molecule has 6 heteroatoms. The molecule has 2 aliphatic rings. The van der Waals surface area contributed by atoms with Crippen molar-refractivity contribution in [2.24, 2.45) is 5.41 Å². The number of nitrogens with zero attached hydrogens (tertiary/aromatic N) is 2. The number of morpholine rings is 1. The Kier molecular flexibility index (Phi) is 4.05. The van der Waals surface area contributed by atoms with Crippen molar-refractivity contribution in [2.45, 2.75) is 31.7 Å². The highest BCUT2D eigenvalue weighted by Crippen LogP contribution is 2.39. The van der Waals surface area contributed by atoms with Crippen molar-refractivity contribution >= 4 is 11.8 Å². The fourth-order valence-corrected chi connectivity index (χ4v) is 2.86. The predicted octanol–water partition coefficient (Wildman–Crippen LogP) is 0.0438. The Morgan fingerprint density at radius 3 is 2.68 bits per heavy atom. The van der Waals surface area contributed by atoms with E-state index in [0.717, 1.165) is 12.8 Å². The molecule has 1 N–H and O–H groups in total. The monoisotopic (exact) mass is 265 g/mol. The van der Waals surface area contributed by atoms with Gasteiger partial charge < -0.3 is 15.0 Å².